The van der Waals surface area contributed by atoms with E-state index in [-0.39, 0.29) is 0 Å². The maximum absolute atomic E-state index is 11.9. The van der Waals surface area contributed by atoms with Crippen LogP contribution in [0.4, 0.5) is 0 Å². The number of carbonyl (C=O) groups is 2. The molecule has 1 aliphatic carbocycles. The van der Waals surface area contributed by atoms with Crippen LogP contribution in [0, 0.1) is 26.2 Å². The average molecular weight is 248 g/mol. The van der Waals surface area contributed by atoms with Crippen LogP contribution in [0.5, 0.6) is 5.75 Å². The molecule has 0 radical (unpaired) electrons. The van der Waals surface area contributed by atoms with Crippen molar-refractivity contribution in [1.82, 2.24) is 0 Å². The quantitative estimate of drug-likeness (QED) is 0.506. The van der Waals surface area contributed by atoms with Crippen LogP contribution in [0.2, 0.25) is 0 Å². The number of benzene rings is 1. The van der Waals surface area contributed by atoms with Crippen LogP contribution in [0.1, 0.15) is 29.5 Å². The molecule has 4 heteroatoms. The third-order valence-electron chi connectivity index (χ3n) is 3.35. The van der Waals surface area contributed by atoms with Gasteiger partial charge in [-0.2, -0.15) is 0 Å². The molecule has 1 aromatic rings. The van der Waals surface area contributed by atoms with E-state index >= 15 is 0 Å². The fourth-order valence-corrected chi connectivity index (χ4v) is 2.15. The van der Waals surface area contributed by atoms with Gasteiger partial charge >= 0.3 is 11.9 Å². The maximum atomic E-state index is 11.9. The molecular formula is C14H16O4. The summed E-state index contributed by atoms with van der Waals surface area (Å²) in [4.78, 5) is 23.0. The Bertz CT molecular complexity index is 504. The van der Waals surface area contributed by atoms with E-state index in [1.54, 1.807) is 0 Å². The van der Waals surface area contributed by atoms with E-state index in [0.717, 1.165) is 16.7 Å². The standard InChI is InChI=1S/C14H16O4/c1-8-6-9(2)11(10(3)7-8)18-13(17)14(4-5-14)12(15)16/h6-7H,4-5H2,1-3H3,(H,15,16). The second kappa shape index (κ2) is 4.12. The first-order valence-corrected chi connectivity index (χ1v) is 5.90. The summed E-state index contributed by atoms with van der Waals surface area (Å²) in [5.74, 6) is -1.25. The average Bonchev–Trinajstić information content (AvgIpc) is 3.03. The Labute approximate surface area is 106 Å². The molecule has 0 heterocycles. The van der Waals surface area contributed by atoms with Crippen LogP contribution < -0.4 is 4.74 Å². The van der Waals surface area contributed by atoms with Gasteiger partial charge in [0.25, 0.3) is 0 Å². The first-order chi connectivity index (χ1) is 8.36. The van der Waals surface area contributed by atoms with Crippen molar-refractivity contribution in [2.75, 3.05) is 0 Å². The molecule has 18 heavy (non-hydrogen) atoms. The van der Waals surface area contributed by atoms with Crippen molar-refractivity contribution in [3.63, 3.8) is 0 Å². The van der Waals surface area contributed by atoms with Crippen LogP contribution in [0.15, 0.2) is 12.1 Å². The van der Waals surface area contributed by atoms with Gasteiger partial charge in [-0.25, -0.2) is 0 Å². The zero-order valence-corrected chi connectivity index (χ0v) is 10.7. The lowest BCUT2D eigenvalue weighted by Gasteiger charge is -2.14. The van der Waals surface area contributed by atoms with E-state index in [1.807, 2.05) is 32.9 Å². The number of ether oxygens (including phenoxy) is 1. The molecule has 96 valence electrons. The van der Waals surface area contributed by atoms with Crippen LogP contribution in [0.25, 0.3) is 0 Å². The molecule has 2 rings (SSSR count). The van der Waals surface area contributed by atoms with Crippen molar-refractivity contribution in [3.05, 3.63) is 28.8 Å². The number of esters is 1. The summed E-state index contributed by atoms with van der Waals surface area (Å²) in [5.41, 5.74) is 1.48. The molecule has 4 nitrogen and oxygen atoms in total. The zero-order valence-electron chi connectivity index (χ0n) is 10.7. The normalized spacial score (nSPS) is 16.2. The highest BCUT2D eigenvalue weighted by atomic mass is 16.5. The molecule has 1 N–H and O–H groups in total. The Kier molecular flexibility index (Phi) is 2.89. The summed E-state index contributed by atoms with van der Waals surface area (Å²) < 4.78 is 5.30. The van der Waals surface area contributed by atoms with Gasteiger partial charge in [0.1, 0.15) is 5.75 Å². The van der Waals surface area contributed by atoms with E-state index < -0.39 is 17.4 Å². The van der Waals surface area contributed by atoms with E-state index in [4.69, 9.17) is 9.84 Å². The van der Waals surface area contributed by atoms with Gasteiger partial charge in [-0.05, 0) is 44.7 Å². The topological polar surface area (TPSA) is 63.6 Å². The Balaban J connectivity index is 2.26. The molecule has 0 spiro atoms. The summed E-state index contributed by atoms with van der Waals surface area (Å²) in [7, 11) is 0. The van der Waals surface area contributed by atoms with Gasteiger partial charge in [-0.15, -0.1) is 0 Å². The largest absolute Gasteiger partial charge is 0.480 e. The minimum atomic E-state index is -1.30. The van der Waals surface area contributed by atoms with Crippen molar-refractivity contribution >= 4 is 11.9 Å². The van der Waals surface area contributed by atoms with E-state index in [9.17, 15) is 9.59 Å². The SMILES string of the molecule is Cc1cc(C)c(OC(=O)C2(C(=O)O)CC2)c(C)c1. The maximum Gasteiger partial charge on any atom is 0.328 e. The Hall–Kier alpha value is -1.84. The predicted octanol–water partition coefficient (Wildman–Crippen LogP) is 2.38. The number of aryl methyl sites for hydroxylation is 3. The lowest BCUT2D eigenvalue weighted by atomic mass is 10.1. The summed E-state index contributed by atoms with van der Waals surface area (Å²) in [5, 5.41) is 9.03. The smallest absolute Gasteiger partial charge is 0.328 e. The second-order valence-corrected chi connectivity index (χ2v) is 5.00. The monoisotopic (exact) mass is 248 g/mol. The number of aliphatic carboxylic acids is 1. The molecule has 1 aliphatic rings. The number of rotatable bonds is 3. The third kappa shape index (κ3) is 1.98. The summed E-state index contributed by atoms with van der Waals surface area (Å²) in [6.07, 6.45) is 0.732. The highest BCUT2D eigenvalue weighted by Gasteiger charge is 2.59. The van der Waals surface area contributed by atoms with Gasteiger partial charge in [-0.3, -0.25) is 9.59 Å². The minimum absolute atomic E-state index is 0.366. The number of hydrogen-bond donors (Lipinski definition) is 1. The number of carboxylic acid groups (broad SMARTS) is 1. The molecule has 0 amide bonds. The molecule has 1 saturated carbocycles. The molecule has 0 bridgehead atoms. The Morgan fingerprint density at radius 1 is 1.17 bits per heavy atom. The van der Waals surface area contributed by atoms with Gasteiger partial charge in [-0.1, -0.05) is 17.7 Å². The molecular weight excluding hydrogens is 232 g/mol. The van der Waals surface area contributed by atoms with Crippen LogP contribution in [-0.2, 0) is 9.59 Å². The number of carboxylic acids is 1. The van der Waals surface area contributed by atoms with Crippen LogP contribution >= 0.6 is 0 Å². The number of carbonyl (C=O) groups excluding carboxylic acids is 1. The van der Waals surface area contributed by atoms with Crippen LogP contribution in [-0.4, -0.2) is 17.0 Å². The molecule has 0 aliphatic heterocycles. The summed E-state index contributed by atoms with van der Waals surface area (Å²) in [6, 6.07) is 3.83. The van der Waals surface area contributed by atoms with E-state index in [0.29, 0.717) is 18.6 Å². The van der Waals surface area contributed by atoms with Crippen molar-refractivity contribution in [1.29, 1.82) is 0 Å². The molecule has 1 fully saturated rings. The van der Waals surface area contributed by atoms with Crippen molar-refractivity contribution in [2.45, 2.75) is 33.6 Å². The molecule has 0 saturated heterocycles. The first kappa shape index (κ1) is 12.6. The Morgan fingerprint density at radius 2 is 1.67 bits per heavy atom. The summed E-state index contributed by atoms with van der Waals surface area (Å²) >= 11 is 0. The highest BCUT2D eigenvalue weighted by Crippen LogP contribution is 2.47. The van der Waals surface area contributed by atoms with Gasteiger partial charge in [0, 0.05) is 0 Å². The molecule has 0 aromatic heterocycles. The van der Waals surface area contributed by atoms with Gasteiger partial charge < -0.3 is 9.84 Å². The predicted molar refractivity (Wildman–Crippen MR) is 65.6 cm³/mol. The molecule has 1 aromatic carbocycles. The van der Waals surface area contributed by atoms with Gasteiger partial charge in [0.15, 0.2) is 5.41 Å². The molecule has 0 unspecified atom stereocenters. The van der Waals surface area contributed by atoms with Crippen LogP contribution in [0.3, 0.4) is 0 Å². The number of hydrogen-bond acceptors (Lipinski definition) is 3. The van der Waals surface area contributed by atoms with E-state index in [2.05, 4.69) is 0 Å². The first-order valence-electron chi connectivity index (χ1n) is 5.90. The van der Waals surface area contributed by atoms with Crippen molar-refractivity contribution in [2.24, 2.45) is 5.41 Å². The van der Waals surface area contributed by atoms with Gasteiger partial charge in [0.05, 0.1) is 0 Å². The zero-order chi connectivity index (χ0) is 13.5. The molecule has 0 atom stereocenters. The lowest BCUT2D eigenvalue weighted by Crippen LogP contribution is -2.30. The minimum Gasteiger partial charge on any atom is -0.480 e. The highest BCUT2D eigenvalue weighted by molar-refractivity contribution is 6.03. The third-order valence-corrected chi connectivity index (χ3v) is 3.35. The lowest BCUT2D eigenvalue weighted by molar-refractivity contribution is -0.155. The van der Waals surface area contributed by atoms with Gasteiger partial charge in [0.2, 0.25) is 0 Å². The fourth-order valence-electron chi connectivity index (χ4n) is 2.15. The van der Waals surface area contributed by atoms with E-state index in [1.165, 1.54) is 0 Å². The van der Waals surface area contributed by atoms with Crippen molar-refractivity contribution in [3.8, 4) is 5.75 Å². The fraction of sp³-hybridized carbons (Fsp3) is 0.429. The summed E-state index contributed by atoms with van der Waals surface area (Å²) in [6.45, 7) is 5.66. The second-order valence-electron chi connectivity index (χ2n) is 5.00. The Morgan fingerprint density at radius 3 is 2.06 bits per heavy atom. The van der Waals surface area contributed by atoms with Crippen molar-refractivity contribution < 1.29 is 19.4 Å².